The van der Waals surface area contributed by atoms with Crippen LogP contribution in [0.1, 0.15) is 33.5 Å². The number of rotatable bonds is 6. The van der Waals surface area contributed by atoms with Crippen molar-refractivity contribution in [3.8, 4) is 0 Å². The summed E-state index contributed by atoms with van der Waals surface area (Å²) < 4.78 is 5.18. The van der Waals surface area contributed by atoms with E-state index in [1.165, 1.54) is 11.3 Å². The lowest BCUT2D eigenvalue weighted by Crippen LogP contribution is -2.27. The van der Waals surface area contributed by atoms with Gasteiger partial charge in [0.15, 0.2) is 6.61 Å². The van der Waals surface area contributed by atoms with E-state index in [1.807, 2.05) is 44.2 Å². The summed E-state index contributed by atoms with van der Waals surface area (Å²) in [6, 6.07) is 11.3. The number of amides is 1. The number of benzene rings is 1. The molecular weight excluding hydrogens is 350 g/mol. The van der Waals surface area contributed by atoms with Crippen LogP contribution in [0.25, 0.3) is 0 Å². The first kappa shape index (κ1) is 18.3. The van der Waals surface area contributed by atoms with Crippen molar-refractivity contribution in [1.82, 2.24) is 0 Å². The molecule has 6 heteroatoms. The molecule has 0 aliphatic carbocycles. The zero-order chi connectivity index (χ0) is 18.7. The number of carbonyl (C=O) groups excluding carboxylic acids is 3. The molecule has 0 radical (unpaired) electrons. The Balaban J connectivity index is 1.56. The molecule has 2 aromatic rings. The number of Topliss-reactive ketones (excluding diaryl/α,β-unsaturated/α-hetero) is 1. The van der Waals surface area contributed by atoms with E-state index in [9.17, 15) is 14.4 Å². The lowest BCUT2D eigenvalue weighted by molar-refractivity contribution is -0.147. The minimum atomic E-state index is -0.536. The normalized spacial score (nSPS) is 16.8. The summed E-state index contributed by atoms with van der Waals surface area (Å²) in [4.78, 5) is 39.9. The Labute approximate surface area is 156 Å². The quantitative estimate of drug-likeness (QED) is 0.577. The maximum Gasteiger partial charge on any atom is 0.311 e. The number of hydrogen-bond acceptors (Lipinski definition) is 5. The highest BCUT2D eigenvalue weighted by atomic mass is 32.1. The Morgan fingerprint density at radius 3 is 2.58 bits per heavy atom. The fraction of sp³-hybridized carbons (Fsp3) is 0.350. The van der Waals surface area contributed by atoms with Gasteiger partial charge >= 0.3 is 5.97 Å². The van der Waals surface area contributed by atoms with Crippen molar-refractivity contribution in [3.05, 3.63) is 51.7 Å². The highest BCUT2D eigenvalue weighted by molar-refractivity contribution is 7.14. The van der Waals surface area contributed by atoms with Crippen LogP contribution < -0.4 is 4.90 Å². The Hall–Kier alpha value is -2.47. The third-order valence-corrected chi connectivity index (χ3v) is 5.71. The summed E-state index contributed by atoms with van der Waals surface area (Å²) in [5.41, 5.74) is 1.88. The fourth-order valence-electron chi connectivity index (χ4n) is 2.88. The number of hydrogen-bond donors (Lipinski definition) is 0. The number of ketones is 1. The van der Waals surface area contributed by atoms with Crippen LogP contribution in [-0.4, -0.2) is 30.8 Å². The molecule has 26 heavy (non-hydrogen) atoms. The van der Waals surface area contributed by atoms with E-state index < -0.39 is 11.9 Å². The summed E-state index contributed by atoms with van der Waals surface area (Å²) in [5.74, 6) is -1.34. The largest absolute Gasteiger partial charge is 0.457 e. The third kappa shape index (κ3) is 4.02. The first-order valence-electron chi connectivity index (χ1n) is 8.63. The molecule has 136 valence electrons. The predicted octanol–water partition coefficient (Wildman–Crippen LogP) is 3.40. The molecule has 2 heterocycles. The maximum absolute atomic E-state index is 12.3. The van der Waals surface area contributed by atoms with Crippen molar-refractivity contribution in [3.63, 3.8) is 0 Å². The van der Waals surface area contributed by atoms with Crippen LogP contribution in [-0.2, 0) is 20.7 Å². The zero-order valence-electron chi connectivity index (χ0n) is 14.9. The minimum Gasteiger partial charge on any atom is -0.457 e. The van der Waals surface area contributed by atoms with Crippen molar-refractivity contribution in [2.45, 2.75) is 26.7 Å². The number of nitrogens with zero attached hydrogens (tertiary/aromatic N) is 1. The van der Waals surface area contributed by atoms with Gasteiger partial charge in [0.2, 0.25) is 11.7 Å². The van der Waals surface area contributed by atoms with Crippen molar-refractivity contribution in [1.29, 1.82) is 0 Å². The molecule has 1 aliphatic rings. The van der Waals surface area contributed by atoms with Crippen LogP contribution in [0.15, 0.2) is 36.4 Å². The molecule has 1 fully saturated rings. The highest BCUT2D eigenvalue weighted by Gasteiger charge is 2.36. The molecule has 1 unspecified atom stereocenters. The number of esters is 1. The molecule has 0 bridgehead atoms. The minimum absolute atomic E-state index is 0.104. The van der Waals surface area contributed by atoms with Gasteiger partial charge in [-0.05, 0) is 37.6 Å². The van der Waals surface area contributed by atoms with Crippen LogP contribution in [0.2, 0.25) is 0 Å². The topological polar surface area (TPSA) is 63.7 Å². The second-order valence-electron chi connectivity index (χ2n) is 6.39. The number of aryl methyl sites for hydroxylation is 2. The van der Waals surface area contributed by atoms with E-state index in [-0.39, 0.29) is 31.3 Å². The number of carbonyl (C=O) groups is 3. The third-order valence-electron chi connectivity index (χ3n) is 4.43. The van der Waals surface area contributed by atoms with Gasteiger partial charge in [0.1, 0.15) is 0 Å². The van der Waals surface area contributed by atoms with Crippen molar-refractivity contribution in [2.75, 3.05) is 18.1 Å². The molecule has 1 saturated heterocycles. The van der Waals surface area contributed by atoms with Gasteiger partial charge in [-0.3, -0.25) is 14.4 Å². The van der Waals surface area contributed by atoms with Crippen molar-refractivity contribution in [2.24, 2.45) is 5.92 Å². The van der Waals surface area contributed by atoms with Crippen LogP contribution in [0.5, 0.6) is 0 Å². The molecule has 1 atom stereocenters. The van der Waals surface area contributed by atoms with Gasteiger partial charge in [-0.2, -0.15) is 0 Å². The predicted molar refractivity (Wildman–Crippen MR) is 101 cm³/mol. The summed E-state index contributed by atoms with van der Waals surface area (Å²) in [5, 5.41) is 0. The van der Waals surface area contributed by atoms with Crippen LogP contribution >= 0.6 is 11.3 Å². The lowest BCUT2D eigenvalue weighted by Gasteiger charge is -2.16. The van der Waals surface area contributed by atoms with Crippen LogP contribution in [0, 0.1) is 12.8 Å². The van der Waals surface area contributed by atoms with E-state index in [4.69, 9.17) is 4.74 Å². The van der Waals surface area contributed by atoms with E-state index in [0.29, 0.717) is 4.88 Å². The van der Waals surface area contributed by atoms with E-state index >= 15 is 0 Å². The monoisotopic (exact) mass is 371 g/mol. The number of anilines is 1. The van der Waals surface area contributed by atoms with Crippen LogP contribution in [0.4, 0.5) is 5.69 Å². The van der Waals surface area contributed by atoms with Gasteiger partial charge in [0.05, 0.1) is 10.8 Å². The molecule has 0 N–H and O–H groups in total. The average molecular weight is 371 g/mol. The van der Waals surface area contributed by atoms with Gasteiger partial charge in [-0.1, -0.05) is 24.6 Å². The maximum atomic E-state index is 12.3. The summed E-state index contributed by atoms with van der Waals surface area (Å²) in [7, 11) is 0. The summed E-state index contributed by atoms with van der Waals surface area (Å²) >= 11 is 1.42. The number of ether oxygens (including phenoxy) is 1. The molecule has 1 amide bonds. The molecule has 0 saturated carbocycles. The standard InChI is InChI=1S/C20H21NO4S/c1-3-16-8-9-18(26-16)17(22)12-25-20(24)14-10-19(23)21(11-14)15-6-4-13(2)5-7-15/h4-9,14H,3,10-12H2,1-2H3. The smallest absolute Gasteiger partial charge is 0.311 e. The number of thiophene rings is 1. The fourth-order valence-corrected chi connectivity index (χ4v) is 3.75. The molecular formula is C20H21NO4S. The highest BCUT2D eigenvalue weighted by Crippen LogP contribution is 2.26. The summed E-state index contributed by atoms with van der Waals surface area (Å²) in [6.45, 7) is 4.01. The van der Waals surface area contributed by atoms with Gasteiger partial charge in [-0.15, -0.1) is 11.3 Å². The second-order valence-corrected chi connectivity index (χ2v) is 7.56. The summed E-state index contributed by atoms with van der Waals surface area (Å²) in [6.07, 6.45) is 0.983. The first-order chi connectivity index (χ1) is 12.5. The second kappa shape index (κ2) is 7.83. The van der Waals surface area contributed by atoms with Gasteiger partial charge < -0.3 is 9.64 Å². The van der Waals surface area contributed by atoms with E-state index in [0.717, 1.165) is 22.5 Å². The Morgan fingerprint density at radius 1 is 1.19 bits per heavy atom. The van der Waals surface area contributed by atoms with Crippen LogP contribution in [0.3, 0.4) is 0 Å². The first-order valence-corrected chi connectivity index (χ1v) is 9.45. The van der Waals surface area contributed by atoms with Crippen molar-refractivity contribution >= 4 is 34.7 Å². The Kier molecular flexibility index (Phi) is 5.52. The van der Waals surface area contributed by atoms with Gasteiger partial charge in [-0.25, -0.2) is 0 Å². The molecule has 1 aromatic carbocycles. The van der Waals surface area contributed by atoms with Gasteiger partial charge in [0, 0.05) is 23.5 Å². The van der Waals surface area contributed by atoms with E-state index in [2.05, 4.69) is 0 Å². The Bertz CT molecular complexity index is 825. The average Bonchev–Trinajstić information content (AvgIpc) is 3.27. The molecule has 5 nitrogen and oxygen atoms in total. The SMILES string of the molecule is CCc1ccc(C(=O)COC(=O)C2CC(=O)N(c3ccc(C)cc3)C2)s1. The molecule has 3 rings (SSSR count). The Morgan fingerprint density at radius 2 is 1.92 bits per heavy atom. The molecule has 1 aromatic heterocycles. The van der Waals surface area contributed by atoms with Gasteiger partial charge in [0.25, 0.3) is 0 Å². The van der Waals surface area contributed by atoms with E-state index in [1.54, 1.807) is 11.0 Å². The zero-order valence-corrected chi connectivity index (χ0v) is 15.7. The lowest BCUT2D eigenvalue weighted by atomic mass is 10.1. The molecule has 1 aliphatic heterocycles. The van der Waals surface area contributed by atoms with Crippen molar-refractivity contribution < 1.29 is 19.1 Å². The molecule has 0 spiro atoms.